The predicted molar refractivity (Wildman–Crippen MR) is 101 cm³/mol. The molecule has 3 heterocycles. The van der Waals surface area contributed by atoms with Crippen molar-refractivity contribution in [2.75, 3.05) is 23.3 Å². The number of nitrogens with one attached hydrogen (secondary N) is 2. The molecule has 2 aromatic heterocycles. The van der Waals surface area contributed by atoms with Crippen LogP contribution in [0.5, 0.6) is 0 Å². The molecule has 5 nitrogen and oxygen atoms in total. The Balaban J connectivity index is 1.40. The van der Waals surface area contributed by atoms with E-state index in [1.807, 2.05) is 42.6 Å². The number of fused-ring (bicyclic) bond motifs is 1. The van der Waals surface area contributed by atoms with Crippen molar-refractivity contribution in [3.63, 3.8) is 0 Å². The highest BCUT2D eigenvalue weighted by molar-refractivity contribution is 5.95. The summed E-state index contributed by atoms with van der Waals surface area (Å²) in [4.78, 5) is 22.4. The first-order valence-electron chi connectivity index (χ1n) is 8.85. The number of anilines is 2. The second-order valence-electron chi connectivity index (χ2n) is 6.54. The number of piperidine rings is 1. The van der Waals surface area contributed by atoms with Crippen molar-refractivity contribution < 1.29 is 4.79 Å². The fourth-order valence-electron chi connectivity index (χ4n) is 3.43. The molecule has 1 aliphatic heterocycles. The molecule has 1 aliphatic rings. The third kappa shape index (κ3) is 3.50. The fourth-order valence-corrected chi connectivity index (χ4v) is 3.43. The van der Waals surface area contributed by atoms with Gasteiger partial charge in [-0.25, -0.2) is 4.98 Å². The van der Waals surface area contributed by atoms with Gasteiger partial charge in [0.15, 0.2) is 0 Å². The predicted octanol–water partition coefficient (Wildman–Crippen LogP) is 3.73. The van der Waals surface area contributed by atoms with E-state index in [0.717, 1.165) is 41.1 Å². The van der Waals surface area contributed by atoms with Gasteiger partial charge < -0.3 is 15.2 Å². The van der Waals surface area contributed by atoms with Gasteiger partial charge in [0.25, 0.3) is 0 Å². The Bertz CT molecular complexity index is 863. The lowest BCUT2D eigenvalue weighted by atomic mass is 10.1. The van der Waals surface area contributed by atoms with E-state index < -0.39 is 0 Å². The number of aromatic amines is 1. The summed E-state index contributed by atoms with van der Waals surface area (Å²) in [5.41, 5.74) is 2.80. The topological polar surface area (TPSA) is 61.0 Å². The standard InChI is InChI=1S/C20H22N4O/c25-20(12-15-13-21-18-7-3-2-6-17(15)18)23-16-8-9-19(22-14-16)24-10-4-1-5-11-24/h2-3,6-9,13-14,21H,1,4-5,10-12H2,(H,23,25). The lowest BCUT2D eigenvalue weighted by Gasteiger charge is -2.27. The SMILES string of the molecule is O=C(Cc1c[nH]c2ccccc12)Nc1ccc(N2CCCCC2)nc1. The van der Waals surface area contributed by atoms with Gasteiger partial charge in [-0.2, -0.15) is 0 Å². The van der Waals surface area contributed by atoms with Gasteiger partial charge in [-0.05, 0) is 43.0 Å². The maximum atomic E-state index is 12.3. The molecule has 0 aliphatic carbocycles. The summed E-state index contributed by atoms with van der Waals surface area (Å²) >= 11 is 0. The van der Waals surface area contributed by atoms with Gasteiger partial charge in [-0.15, -0.1) is 0 Å². The van der Waals surface area contributed by atoms with Gasteiger partial charge in [0.2, 0.25) is 5.91 Å². The molecule has 5 heteroatoms. The van der Waals surface area contributed by atoms with Crippen LogP contribution in [0, 0.1) is 0 Å². The molecule has 0 saturated carbocycles. The normalized spacial score (nSPS) is 14.6. The maximum Gasteiger partial charge on any atom is 0.228 e. The Morgan fingerprint density at radius 2 is 1.96 bits per heavy atom. The molecular formula is C20H22N4O. The summed E-state index contributed by atoms with van der Waals surface area (Å²) in [6.07, 6.45) is 7.75. The summed E-state index contributed by atoms with van der Waals surface area (Å²) < 4.78 is 0. The third-order valence-corrected chi connectivity index (χ3v) is 4.74. The van der Waals surface area contributed by atoms with E-state index >= 15 is 0 Å². The highest BCUT2D eigenvalue weighted by Crippen LogP contribution is 2.20. The summed E-state index contributed by atoms with van der Waals surface area (Å²) in [5.74, 6) is 0.964. The van der Waals surface area contributed by atoms with E-state index in [1.165, 1.54) is 19.3 Å². The molecule has 0 unspecified atom stereocenters. The lowest BCUT2D eigenvalue weighted by Crippen LogP contribution is -2.30. The van der Waals surface area contributed by atoms with Crippen molar-refractivity contribution in [3.8, 4) is 0 Å². The summed E-state index contributed by atoms with van der Waals surface area (Å²) in [6, 6.07) is 11.9. The van der Waals surface area contributed by atoms with Gasteiger partial charge in [-0.1, -0.05) is 18.2 Å². The second-order valence-corrected chi connectivity index (χ2v) is 6.54. The quantitative estimate of drug-likeness (QED) is 0.764. The fraction of sp³-hybridized carbons (Fsp3) is 0.300. The lowest BCUT2D eigenvalue weighted by molar-refractivity contribution is -0.115. The van der Waals surface area contributed by atoms with Gasteiger partial charge in [-0.3, -0.25) is 4.79 Å². The number of hydrogen-bond donors (Lipinski definition) is 2. The molecule has 1 amide bonds. The van der Waals surface area contributed by atoms with Gasteiger partial charge in [0.05, 0.1) is 18.3 Å². The number of pyridine rings is 1. The monoisotopic (exact) mass is 334 g/mol. The molecule has 1 saturated heterocycles. The average Bonchev–Trinajstić information content (AvgIpc) is 3.06. The van der Waals surface area contributed by atoms with Crippen LogP contribution in [-0.4, -0.2) is 29.0 Å². The van der Waals surface area contributed by atoms with E-state index in [1.54, 1.807) is 6.20 Å². The minimum absolute atomic E-state index is 0.0303. The van der Waals surface area contributed by atoms with Gasteiger partial charge >= 0.3 is 0 Å². The number of nitrogens with zero attached hydrogens (tertiary/aromatic N) is 2. The smallest absolute Gasteiger partial charge is 0.228 e. The van der Waals surface area contributed by atoms with Crippen LogP contribution in [0.2, 0.25) is 0 Å². The number of H-pyrrole nitrogens is 1. The summed E-state index contributed by atoms with van der Waals surface area (Å²) in [5, 5.41) is 4.03. The first-order chi connectivity index (χ1) is 12.3. The van der Waals surface area contributed by atoms with Crippen molar-refractivity contribution in [1.29, 1.82) is 0 Å². The Kier molecular flexibility index (Phi) is 4.37. The van der Waals surface area contributed by atoms with E-state index in [4.69, 9.17) is 0 Å². The highest BCUT2D eigenvalue weighted by atomic mass is 16.1. The molecule has 0 radical (unpaired) electrons. The van der Waals surface area contributed by atoms with E-state index in [2.05, 4.69) is 20.2 Å². The molecule has 3 aromatic rings. The number of aromatic nitrogens is 2. The largest absolute Gasteiger partial charge is 0.361 e. The van der Waals surface area contributed by atoms with Crippen LogP contribution >= 0.6 is 0 Å². The van der Waals surface area contributed by atoms with Crippen LogP contribution in [0.1, 0.15) is 24.8 Å². The number of carbonyl (C=O) groups excluding carboxylic acids is 1. The Morgan fingerprint density at radius 1 is 1.12 bits per heavy atom. The van der Waals surface area contributed by atoms with Crippen LogP contribution in [0.15, 0.2) is 48.8 Å². The zero-order chi connectivity index (χ0) is 17.1. The molecule has 0 spiro atoms. The first kappa shape index (κ1) is 15.7. The molecule has 2 N–H and O–H groups in total. The third-order valence-electron chi connectivity index (χ3n) is 4.74. The maximum absolute atomic E-state index is 12.3. The molecule has 25 heavy (non-hydrogen) atoms. The molecule has 1 fully saturated rings. The van der Waals surface area contributed by atoms with Crippen LogP contribution in [0.3, 0.4) is 0 Å². The van der Waals surface area contributed by atoms with Crippen LogP contribution in [0.4, 0.5) is 11.5 Å². The molecule has 128 valence electrons. The van der Waals surface area contributed by atoms with Gasteiger partial charge in [0, 0.05) is 30.2 Å². The number of amides is 1. The van der Waals surface area contributed by atoms with Crippen molar-refractivity contribution in [1.82, 2.24) is 9.97 Å². The van der Waals surface area contributed by atoms with Crippen molar-refractivity contribution >= 4 is 28.3 Å². The number of rotatable bonds is 4. The summed E-state index contributed by atoms with van der Waals surface area (Å²) in [6.45, 7) is 2.14. The molecule has 0 atom stereocenters. The summed E-state index contributed by atoms with van der Waals surface area (Å²) in [7, 11) is 0. The number of hydrogen-bond acceptors (Lipinski definition) is 3. The Hall–Kier alpha value is -2.82. The van der Waals surface area contributed by atoms with Crippen LogP contribution in [0.25, 0.3) is 10.9 Å². The van der Waals surface area contributed by atoms with Crippen molar-refractivity contribution in [2.45, 2.75) is 25.7 Å². The first-order valence-corrected chi connectivity index (χ1v) is 8.85. The van der Waals surface area contributed by atoms with Crippen LogP contribution < -0.4 is 10.2 Å². The zero-order valence-electron chi connectivity index (χ0n) is 14.2. The van der Waals surface area contributed by atoms with E-state index in [0.29, 0.717) is 6.42 Å². The zero-order valence-corrected chi connectivity index (χ0v) is 14.2. The van der Waals surface area contributed by atoms with E-state index in [9.17, 15) is 4.79 Å². The molecular weight excluding hydrogens is 312 g/mol. The van der Waals surface area contributed by atoms with Crippen LogP contribution in [-0.2, 0) is 11.2 Å². The van der Waals surface area contributed by atoms with Crippen molar-refractivity contribution in [2.24, 2.45) is 0 Å². The van der Waals surface area contributed by atoms with Gasteiger partial charge in [0.1, 0.15) is 5.82 Å². The minimum atomic E-state index is -0.0303. The number of carbonyl (C=O) groups is 1. The molecule has 1 aromatic carbocycles. The Morgan fingerprint density at radius 3 is 2.76 bits per heavy atom. The highest BCUT2D eigenvalue weighted by Gasteiger charge is 2.13. The van der Waals surface area contributed by atoms with Crippen molar-refractivity contribution in [3.05, 3.63) is 54.4 Å². The molecule has 4 rings (SSSR count). The molecule has 0 bridgehead atoms. The average molecular weight is 334 g/mol. The minimum Gasteiger partial charge on any atom is -0.361 e. The van der Waals surface area contributed by atoms with E-state index in [-0.39, 0.29) is 5.91 Å². The number of para-hydroxylation sites is 1. The Labute approximate surface area is 147 Å². The second kappa shape index (κ2) is 6.97. The number of benzene rings is 1.